The summed E-state index contributed by atoms with van der Waals surface area (Å²) in [6, 6.07) is 38.3. The Morgan fingerprint density at radius 3 is 2.16 bits per heavy atom. The van der Waals surface area contributed by atoms with E-state index in [0.717, 1.165) is 66.7 Å². The van der Waals surface area contributed by atoms with E-state index in [9.17, 15) is 0 Å². The standard InChI is InChI=1S/C23H15ClN2OS.C14H10N2O/c24-16-8-9-22-18(12-16)15(14-28-22)13-26-19-5-2-1-4-17(19)23-20(26)6-3-7-21(23)27-11-10-25;15-8-9-17-13-7-3-6-12-14(13)10-4-1-2-5-11(10)16-12/h1-9,12,14H,11,13H2;1-7,16H,9H2. The van der Waals surface area contributed by atoms with Crippen LogP contribution in [-0.4, -0.2) is 22.8 Å². The van der Waals surface area contributed by atoms with Crippen molar-refractivity contribution in [2.45, 2.75) is 6.54 Å². The maximum absolute atomic E-state index is 8.92. The summed E-state index contributed by atoms with van der Waals surface area (Å²) in [7, 11) is 0. The molecule has 0 saturated heterocycles. The fourth-order valence-electron chi connectivity index (χ4n) is 5.91. The van der Waals surface area contributed by atoms with Crippen molar-refractivity contribution in [1.82, 2.24) is 9.55 Å². The number of rotatable bonds is 6. The molecule has 0 aliphatic heterocycles. The molecule has 0 aliphatic carbocycles. The highest BCUT2D eigenvalue weighted by atomic mass is 35.5. The van der Waals surface area contributed by atoms with Crippen molar-refractivity contribution < 1.29 is 9.47 Å². The number of ether oxygens (including phenoxy) is 2. The number of nitrogens with one attached hydrogen (secondary N) is 1. The number of fused-ring (bicyclic) bond motifs is 7. The highest BCUT2D eigenvalue weighted by Crippen LogP contribution is 2.38. The minimum Gasteiger partial charge on any atom is -0.478 e. The van der Waals surface area contributed by atoms with Crippen LogP contribution in [0.1, 0.15) is 5.56 Å². The van der Waals surface area contributed by atoms with Crippen LogP contribution in [0.4, 0.5) is 0 Å². The number of nitrogens with zero attached hydrogens (tertiary/aromatic N) is 3. The Morgan fingerprint density at radius 2 is 1.36 bits per heavy atom. The number of aromatic amines is 1. The van der Waals surface area contributed by atoms with E-state index in [1.807, 2.05) is 78.9 Å². The zero-order chi connectivity index (χ0) is 30.8. The molecule has 3 aromatic heterocycles. The molecule has 45 heavy (non-hydrogen) atoms. The second kappa shape index (κ2) is 12.3. The first-order chi connectivity index (χ1) is 22.2. The monoisotopic (exact) mass is 624 g/mol. The molecule has 0 atom stereocenters. The van der Waals surface area contributed by atoms with Crippen LogP contribution in [-0.2, 0) is 6.54 Å². The molecule has 8 aromatic rings. The average Bonchev–Trinajstić information content (AvgIpc) is 3.75. The smallest absolute Gasteiger partial charge is 0.174 e. The third-order valence-corrected chi connectivity index (χ3v) is 9.03. The van der Waals surface area contributed by atoms with Gasteiger partial charge in [-0.1, -0.05) is 60.1 Å². The molecule has 0 unspecified atom stereocenters. The number of thiophene rings is 1. The number of hydrogen-bond donors (Lipinski definition) is 1. The zero-order valence-electron chi connectivity index (χ0n) is 24.0. The summed E-state index contributed by atoms with van der Waals surface area (Å²) in [5.74, 6) is 1.49. The third-order valence-electron chi connectivity index (χ3n) is 7.78. The van der Waals surface area contributed by atoms with E-state index >= 15 is 0 Å². The molecule has 6 nitrogen and oxygen atoms in total. The Labute approximate surface area is 267 Å². The first-order valence-electron chi connectivity index (χ1n) is 14.3. The predicted octanol–water partition coefficient (Wildman–Crippen LogP) is 9.84. The molecule has 3 heterocycles. The molecule has 0 bridgehead atoms. The Balaban J connectivity index is 0.000000163. The fraction of sp³-hybridized carbons (Fsp3) is 0.0811. The summed E-state index contributed by atoms with van der Waals surface area (Å²) in [6.07, 6.45) is 0. The lowest BCUT2D eigenvalue weighted by atomic mass is 10.1. The summed E-state index contributed by atoms with van der Waals surface area (Å²) in [5.41, 5.74) is 5.59. The van der Waals surface area contributed by atoms with Gasteiger partial charge in [0.15, 0.2) is 13.2 Å². The lowest BCUT2D eigenvalue weighted by Gasteiger charge is -2.08. The summed E-state index contributed by atoms with van der Waals surface area (Å²) in [6.45, 7) is 0.844. The lowest BCUT2D eigenvalue weighted by molar-refractivity contribution is 0.372. The fourth-order valence-corrected chi connectivity index (χ4v) is 7.02. The Bertz CT molecular complexity index is 2430. The van der Waals surface area contributed by atoms with Gasteiger partial charge in [0.1, 0.15) is 23.6 Å². The van der Waals surface area contributed by atoms with Gasteiger partial charge >= 0.3 is 0 Å². The van der Waals surface area contributed by atoms with Crippen molar-refractivity contribution in [2.75, 3.05) is 13.2 Å². The highest BCUT2D eigenvalue weighted by molar-refractivity contribution is 7.17. The van der Waals surface area contributed by atoms with E-state index in [0.29, 0.717) is 0 Å². The normalized spacial score (nSPS) is 11.0. The molecule has 0 amide bonds. The zero-order valence-corrected chi connectivity index (χ0v) is 25.5. The minimum atomic E-state index is 0.0340. The van der Waals surface area contributed by atoms with Gasteiger partial charge < -0.3 is 19.0 Å². The number of halogens is 1. The van der Waals surface area contributed by atoms with Crippen molar-refractivity contribution >= 4 is 76.6 Å². The van der Waals surface area contributed by atoms with E-state index in [4.69, 9.17) is 31.6 Å². The van der Waals surface area contributed by atoms with Gasteiger partial charge in [0, 0.05) is 48.8 Å². The van der Waals surface area contributed by atoms with Crippen LogP contribution in [0.15, 0.2) is 109 Å². The minimum absolute atomic E-state index is 0.0340. The van der Waals surface area contributed by atoms with Crippen molar-refractivity contribution in [2.24, 2.45) is 0 Å². The lowest BCUT2D eigenvalue weighted by Crippen LogP contribution is -1.99. The molecule has 5 aromatic carbocycles. The van der Waals surface area contributed by atoms with E-state index in [1.54, 1.807) is 11.3 Å². The van der Waals surface area contributed by atoms with Gasteiger partial charge in [-0.3, -0.25) is 0 Å². The number of hydrogen-bond acceptors (Lipinski definition) is 5. The summed E-state index contributed by atoms with van der Waals surface area (Å²) in [4.78, 5) is 3.33. The van der Waals surface area contributed by atoms with E-state index in [1.165, 1.54) is 15.6 Å². The van der Waals surface area contributed by atoms with Crippen LogP contribution >= 0.6 is 22.9 Å². The van der Waals surface area contributed by atoms with Crippen LogP contribution in [0.5, 0.6) is 11.5 Å². The van der Waals surface area contributed by atoms with Gasteiger partial charge in [-0.15, -0.1) is 11.3 Å². The molecule has 8 rings (SSSR count). The largest absolute Gasteiger partial charge is 0.478 e. The summed E-state index contributed by atoms with van der Waals surface area (Å²) in [5, 5.41) is 26.0. The van der Waals surface area contributed by atoms with Gasteiger partial charge in [0.2, 0.25) is 0 Å². The van der Waals surface area contributed by atoms with Crippen LogP contribution < -0.4 is 9.47 Å². The summed E-state index contributed by atoms with van der Waals surface area (Å²) < 4.78 is 14.7. The molecular weight excluding hydrogens is 600 g/mol. The third kappa shape index (κ3) is 5.30. The highest BCUT2D eigenvalue weighted by Gasteiger charge is 2.16. The first kappa shape index (κ1) is 28.3. The number of aromatic nitrogens is 2. The number of benzene rings is 5. The van der Waals surface area contributed by atoms with Crippen molar-refractivity contribution in [3.63, 3.8) is 0 Å². The molecule has 0 radical (unpaired) electrons. The number of para-hydroxylation sites is 2. The molecule has 0 fully saturated rings. The van der Waals surface area contributed by atoms with Gasteiger partial charge in [0.05, 0.1) is 11.0 Å². The molecule has 1 N–H and O–H groups in total. The van der Waals surface area contributed by atoms with Crippen molar-refractivity contribution in [3.05, 3.63) is 119 Å². The van der Waals surface area contributed by atoms with Crippen LogP contribution in [0, 0.1) is 22.7 Å². The molecular formula is C37H25ClN4O2S. The summed E-state index contributed by atoms with van der Waals surface area (Å²) >= 11 is 7.98. The van der Waals surface area contributed by atoms with E-state index in [-0.39, 0.29) is 13.2 Å². The van der Waals surface area contributed by atoms with Gasteiger partial charge in [0.25, 0.3) is 0 Å². The predicted molar refractivity (Wildman–Crippen MR) is 183 cm³/mol. The van der Waals surface area contributed by atoms with Crippen molar-refractivity contribution in [1.29, 1.82) is 10.5 Å². The number of nitriles is 2. The quantitative estimate of drug-likeness (QED) is 0.199. The topological polar surface area (TPSA) is 86.8 Å². The maximum Gasteiger partial charge on any atom is 0.174 e. The van der Waals surface area contributed by atoms with Gasteiger partial charge in [-0.2, -0.15) is 10.5 Å². The SMILES string of the molecule is N#CCOc1cccc2[nH]c3ccccc3c12.N#CCOc1cccc2c1c1ccccc1n2Cc1csc2ccc(Cl)cc12. The van der Waals surface area contributed by atoms with Crippen LogP contribution in [0.25, 0.3) is 53.7 Å². The maximum atomic E-state index is 8.92. The molecule has 218 valence electrons. The average molecular weight is 625 g/mol. The second-order valence-electron chi connectivity index (χ2n) is 10.4. The molecule has 0 saturated carbocycles. The Kier molecular flexibility index (Phi) is 7.71. The molecule has 0 spiro atoms. The second-order valence-corrected chi connectivity index (χ2v) is 11.7. The van der Waals surface area contributed by atoms with E-state index < -0.39 is 0 Å². The van der Waals surface area contributed by atoms with E-state index in [2.05, 4.69) is 51.3 Å². The Morgan fingerprint density at radius 1 is 0.689 bits per heavy atom. The van der Waals surface area contributed by atoms with Gasteiger partial charge in [-0.25, -0.2) is 0 Å². The van der Waals surface area contributed by atoms with Crippen LogP contribution in [0.2, 0.25) is 5.02 Å². The number of H-pyrrole nitrogens is 1. The molecule has 8 heteroatoms. The molecule has 0 aliphatic rings. The first-order valence-corrected chi connectivity index (χ1v) is 15.6. The van der Waals surface area contributed by atoms with Gasteiger partial charge in [-0.05, 0) is 70.9 Å². The van der Waals surface area contributed by atoms with Crippen molar-refractivity contribution in [3.8, 4) is 23.6 Å². The Hall–Kier alpha value is -5.47. The van der Waals surface area contributed by atoms with Crippen LogP contribution in [0.3, 0.4) is 0 Å².